The molecule has 0 atom stereocenters. The van der Waals surface area contributed by atoms with Crippen LogP contribution in [0.2, 0.25) is 0 Å². The Morgan fingerprint density at radius 1 is 1.23 bits per heavy atom. The summed E-state index contributed by atoms with van der Waals surface area (Å²) < 4.78 is 16.7. The molecule has 0 unspecified atom stereocenters. The van der Waals surface area contributed by atoms with Crippen LogP contribution in [0.4, 0.5) is 0 Å². The van der Waals surface area contributed by atoms with E-state index in [0.717, 1.165) is 15.8 Å². The summed E-state index contributed by atoms with van der Waals surface area (Å²) in [6.45, 7) is 0.561. The summed E-state index contributed by atoms with van der Waals surface area (Å²) in [6, 6.07) is 10.8. The highest BCUT2D eigenvalue weighted by molar-refractivity contribution is 9.10. The maximum atomic E-state index is 12.2. The van der Waals surface area contributed by atoms with Crippen molar-refractivity contribution in [1.29, 1.82) is 0 Å². The molecule has 0 radical (unpaired) electrons. The van der Waals surface area contributed by atoms with E-state index in [-0.39, 0.29) is 12.7 Å². The summed E-state index contributed by atoms with van der Waals surface area (Å²) >= 11 is 3.41. The second-order valence-electron chi connectivity index (χ2n) is 4.71. The standard InChI is InChI=1S/C16H14BrNO4/c1-20-13-5-3-12(17)6-11(13)8-18-16(19)10-2-4-14-15(7-10)22-9-21-14/h2-7H,8-9H2,1H3,(H,18,19). The fraction of sp³-hybridized carbons (Fsp3) is 0.188. The van der Waals surface area contributed by atoms with E-state index in [4.69, 9.17) is 14.2 Å². The van der Waals surface area contributed by atoms with Gasteiger partial charge in [0.25, 0.3) is 5.91 Å². The Bertz CT molecular complexity index is 717. The minimum absolute atomic E-state index is 0.180. The lowest BCUT2D eigenvalue weighted by atomic mass is 10.1. The number of rotatable bonds is 4. The van der Waals surface area contributed by atoms with Crippen LogP contribution in [0.1, 0.15) is 15.9 Å². The average Bonchev–Trinajstić information content (AvgIpc) is 3.00. The van der Waals surface area contributed by atoms with Crippen LogP contribution in [0.15, 0.2) is 40.9 Å². The molecule has 3 rings (SSSR count). The zero-order chi connectivity index (χ0) is 15.5. The molecular formula is C16H14BrNO4. The molecule has 0 spiro atoms. The van der Waals surface area contributed by atoms with Gasteiger partial charge in [0.2, 0.25) is 6.79 Å². The second kappa shape index (κ2) is 6.27. The van der Waals surface area contributed by atoms with Gasteiger partial charge in [-0.2, -0.15) is 0 Å². The van der Waals surface area contributed by atoms with Gasteiger partial charge in [0.15, 0.2) is 11.5 Å². The van der Waals surface area contributed by atoms with Gasteiger partial charge in [0.05, 0.1) is 7.11 Å². The lowest BCUT2D eigenvalue weighted by molar-refractivity contribution is 0.0950. The van der Waals surface area contributed by atoms with E-state index in [1.807, 2.05) is 18.2 Å². The largest absolute Gasteiger partial charge is 0.496 e. The first-order valence-corrected chi connectivity index (χ1v) is 7.47. The quantitative estimate of drug-likeness (QED) is 0.906. The fourth-order valence-corrected chi connectivity index (χ4v) is 2.61. The molecule has 0 bridgehead atoms. The van der Waals surface area contributed by atoms with Crippen LogP contribution in [0.25, 0.3) is 0 Å². The molecule has 5 nitrogen and oxygen atoms in total. The molecule has 0 aromatic heterocycles. The van der Waals surface area contributed by atoms with Gasteiger partial charge in [-0.25, -0.2) is 0 Å². The summed E-state index contributed by atoms with van der Waals surface area (Å²) in [7, 11) is 1.60. The molecule has 2 aromatic rings. The molecule has 0 fully saturated rings. The van der Waals surface area contributed by atoms with E-state index in [2.05, 4.69) is 21.2 Å². The SMILES string of the molecule is COc1ccc(Br)cc1CNC(=O)c1ccc2c(c1)OCO2. The Balaban J connectivity index is 1.71. The minimum atomic E-state index is -0.180. The van der Waals surface area contributed by atoms with Crippen molar-refractivity contribution in [3.8, 4) is 17.2 Å². The highest BCUT2D eigenvalue weighted by Crippen LogP contribution is 2.32. The zero-order valence-electron chi connectivity index (χ0n) is 11.9. The smallest absolute Gasteiger partial charge is 0.251 e. The molecule has 1 N–H and O–H groups in total. The van der Waals surface area contributed by atoms with E-state index in [1.54, 1.807) is 25.3 Å². The summed E-state index contributed by atoms with van der Waals surface area (Å²) in [5.41, 5.74) is 1.42. The van der Waals surface area contributed by atoms with Crippen LogP contribution in [0.3, 0.4) is 0 Å². The maximum Gasteiger partial charge on any atom is 0.251 e. The third-order valence-corrected chi connectivity index (χ3v) is 3.81. The summed E-state index contributed by atoms with van der Waals surface area (Å²) in [5.74, 6) is 1.80. The van der Waals surface area contributed by atoms with Gasteiger partial charge < -0.3 is 19.5 Å². The van der Waals surface area contributed by atoms with Gasteiger partial charge in [-0.3, -0.25) is 4.79 Å². The lowest BCUT2D eigenvalue weighted by Crippen LogP contribution is -2.23. The molecule has 6 heteroatoms. The predicted molar refractivity (Wildman–Crippen MR) is 84.4 cm³/mol. The van der Waals surface area contributed by atoms with Crippen LogP contribution < -0.4 is 19.5 Å². The number of hydrogen-bond donors (Lipinski definition) is 1. The Hall–Kier alpha value is -2.21. The maximum absolute atomic E-state index is 12.2. The fourth-order valence-electron chi connectivity index (χ4n) is 2.20. The summed E-state index contributed by atoms with van der Waals surface area (Å²) in [4.78, 5) is 12.2. The number of benzene rings is 2. The Morgan fingerprint density at radius 2 is 2.05 bits per heavy atom. The van der Waals surface area contributed by atoms with E-state index in [0.29, 0.717) is 23.6 Å². The Labute approximate surface area is 136 Å². The number of fused-ring (bicyclic) bond motifs is 1. The van der Waals surface area contributed by atoms with Gasteiger partial charge in [-0.15, -0.1) is 0 Å². The number of hydrogen-bond acceptors (Lipinski definition) is 4. The number of ether oxygens (including phenoxy) is 3. The normalized spacial score (nSPS) is 12.1. The highest BCUT2D eigenvalue weighted by Gasteiger charge is 2.16. The number of halogens is 1. The van der Waals surface area contributed by atoms with Crippen LogP contribution in [0, 0.1) is 0 Å². The van der Waals surface area contributed by atoms with E-state index in [9.17, 15) is 4.79 Å². The van der Waals surface area contributed by atoms with Crippen molar-refractivity contribution in [1.82, 2.24) is 5.32 Å². The molecule has 0 saturated carbocycles. The molecule has 1 aliphatic heterocycles. The number of carbonyl (C=O) groups is 1. The van der Waals surface area contributed by atoms with E-state index < -0.39 is 0 Å². The third kappa shape index (κ3) is 3.01. The van der Waals surface area contributed by atoms with Gasteiger partial charge in [-0.1, -0.05) is 15.9 Å². The molecule has 1 heterocycles. The van der Waals surface area contributed by atoms with Gasteiger partial charge in [0, 0.05) is 22.1 Å². The Kier molecular flexibility index (Phi) is 4.20. The topological polar surface area (TPSA) is 56.8 Å². The molecule has 0 aliphatic carbocycles. The van der Waals surface area contributed by atoms with E-state index in [1.165, 1.54) is 0 Å². The van der Waals surface area contributed by atoms with Crippen molar-refractivity contribution in [2.45, 2.75) is 6.54 Å². The van der Waals surface area contributed by atoms with Gasteiger partial charge in [0.1, 0.15) is 5.75 Å². The first-order valence-electron chi connectivity index (χ1n) is 6.67. The number of amides is 1. The van der Waals surface area contributed by atoms with Crippen LogP contribution in [-0.4, -0.2) is 19.8 Å². The van der Waals surface area contributed by atoms with Crippen molar-refractivity contribution in [2.75, 3.05) is 13.9 Å². The molecular weight excluding hydrogens is 350 g/mol. The van der Waals surface area contributed by atoms with Gasteiger partial charge >= 0.3 is 0 Å². The summed E-state index contributed by atoms with van der Waals surface area (Å²) in [6.07, 6.45) is 0. The minimum Gasteiger partial charge on any atom is -0.496 e. The van der Waals surface area contributed by atoms with Crippen molar-refractivity contribution < 1.29 is 19.0 Å². The predicted octanol–water partition coefficient (Wildman–Crippen LogP) is 3.12. The van der Waals surface area contributed by atoms with Crippen molar-refractivity contribution >= 4 is 21.8 Å². The first-order chi connectivity index (χ1) is 10.7. The lowest BCUT2D eigenvalue weighted by Gasteiger charge is -2.10. The third-order valence-electron chi connectivity index (χ3n) is 3.32. The van der Waals surface area contributed by atoms with Crippen LogP contribution >= 0.6 is 15.9 Å². The van der Waals surface area contributed by atoms with Crippen LogP contribution in [0.5, 0.6) is 17.2 Å². The van der Waals surface area contributed by atoms with E-state index >= 15 is 0 Å². The second-order valence-corrected chi connectivity index (χ2v) is 5.62. The van der Waals surface area contributed by atoms with Gasteiger partial charge in [-0.05, 0) is 36.4 Å². The number of methoxy groups -OCH3 is 1. The average molecular weight is 364 g/mol. The molecule has 1 amide bonds. The highest BCUT2D eigenvalue weighted by atomic mass is 79.9. The molecule has 0 saturated heterocycles. The molecule has 22 heavy (non-hydrogen) atoms. The molecule has 2 aromatic carbocycles. The van der Waals surface area contributed by atoms with Crippen LogP contribution in [-0.2, 0) is 6.54 Å². The first kappa shape index (κ1) is 14.7. The summed E-state index contributed by atoms with van der Waals surface area (Å²) in [5, 5.41) is 2.87. The zero-order valence-corrected chi connectivity index (χ0v) is 13.5. The number of carbonyl (C=O) groups excluding carboxylic acids is 1. The van der Waals surface area contributed by atoms with Crippen molar-refractivity contribution in [3.05, 3.63) is 52.0 Å². The monoisotopic (exact) mass is 363 g/mol. The van der Waals surface area contributed by atoms with Crippen molar-refractivity contribution in [2.24, 2.45) is 0 Å². The number of nitrogens with one attached hydrogen (secondary N) is 1. The molecule has 1 aliphatic rings. The molecule has 114 valence electrons. The van der Waals surface area contributed by atoms with Crippen molar-refractivity contribution in [3.63, 3.8) is 0 Å². The Morgan fingerprint density at radius 3 is 2.86 bits per heavy atom.